The fraction of sp³-hybridized carbons (Fsp3) is 0.467. The number of para-hydroxylation sites is 1. The van der Waals surface area contributed by atoms with Gasteiger partial charge in [-0.2, -0.15) is 0 Å². The second-order valence-corrected chi connectivity index (χ2v) is 5.53. The molecule has 0 aromatic heterocycles. The van der Waals surface area contributed by atoms with E-state index in [2.05, 4.69) is 0 Å². The summed E-state index contributed by atoms with van der Waals surface area (Å²) in [5.74, 6) is 0.557. The normalized spacial score (nSPS) is 22.8. The molecule has 1 saturated carbocycles. The van der Waals surface area contributed by atoms with Crippen molar-refractivity contribution in [1.82, 2.24) is 0 Å². The largest absolute Gasteiger partial charge is 0.312 e. The molecule has 0 atom stereocenters. The summed E-state index contributed by atoms with van der Waals surface area (Å²) in [5.41, 5.74) is 1.04. The molecule has 1 heterocycles. The summed E-state index contributed by atoms with van der Waals surface area (Å²) in [7, 11) is 0. The minimum Gasteiger partial charge on any atom is -0.312 e. The summed E-state index contributed by atoms with van der Waals surface area (Å²) in [6.07, 6.45) is 3.66. The van der Waals surface area contributed by atoms with Crippen molar-refractivity contribution in [2.24, 2.45) is 5.41 Å². The van der Waals surface area contributed by atoms with E-state index in [0.717, 1.165) is 25.1 Å². The Morgan fingerprint density at radius 3 is 2.33 bits per heavy atom. The van der Waals surface area contributed by atoms with E-state index in [0.29, 0.717) is 25.0 Å². The van der Waals surface area contributed by atoms with Gasteiger partial charge >= 0.3 is 0 Å². The molecule has 3 nitrogen and oxygen atoms in total. The van der Waals surface area contributed by atoms with Crippen LogP contribution in [0.25, 0.3) is 0 Å². The lowest BCUT2D eigenvalue weighted by atomic mass is 9.73. The highest BCUT2D eigenvalue weighted by Gasteiger charge is 2.45. The first-order valence-corrected chi connectivity index (χ1v) is 6.56. The number of hydrogen-bond acceptors (Lipinski definition) is 2. The van der Waals surface area contributed by atoms with Gasteiger partial charge in [-0.1, -0.05) is 18.2 Å². The molecule has 1 amide bonds. The molecule has 1 aliphatic heterocycles. The fourth-order valence-electron chi connectivity index (χ4n) is 3.13. The number of carbonyl (C=O) groups is 2. The van der Waals surface area contributed by atoms with Crippen LogP contribution in [0.5, 0.6) is 0 Å². The van der Waals surface area contributed by atoms with Crippen LogP contribution in [0.2, 0.25) is 0 Å². The number of anilines is 1. The Bertz CT molecular complexity index is 471. The van der Waals surface area contributed by atoms with Crippen LogP contribution in [0.1, 0.15) is 32.1 Å². The van der Waals surface area contributed by atoms with Gasteiger partial charge in [0.15, 0.2) is 0 Å². The molecule has 94 valence electrons. The zero-order valence-electron chi connectivity index (χ0n) is 10.4. The standard InChI is InChI=1S/C15H17NO2/c17-13-6-8-15(9-7-13)10-14(18)16(11-15)12-4-2-1-3-5-12/h1-5H,6-11H2. The molecule has 1 aliphatic carbocycles. The van der Waals surface area contributed by atoms with Crippen LogP contribution < -0.4 is 4.90 Å². The van der Waals surface area contributed by atoms with Gasteiger partial charge in [-0.15, -0.1) is 0 Å². The maximum atomic E-state index is 12.2. The molecule has 1 saturated heterocycles. The molecule has 3 heteroatoms. The van der Waals surface area contributed by atoms with Crippen molar-refractivity contribution in [3.8, 4) is 0 Å². The number of rotatable bonds is 1. The van der Waals surface area contributed by atoms with Gasteiger partial charge < -0.3 is 4.90 Å². The van der Waals surface area contributed by atoms with Crippen molar-refractivity contribution in [1.29, 1.82) is 0 Å². The fourth-order valence-corrected chi connectivity index (χ4v) is 3.13. The van der Waals surface area contributed by atoms with Gasteiger partial charge in [-0.25, -0.2) is 0 Å². The minimum absolute atomic E-state index is 0.0564. The second-order valence-electron chi connectivity index (χ2n) is 5.53. The Balaban J connectivity index is 1.80. The summed E-state index contributed by atoms with van der Waals surface area (Å²) in [5, 5.41) is 0. The van der Waals surface area contributed by atoms with Crippen molar-refractivity contribution in [3.63, 3.8) is 0 Å². The van der Waals surface area contributed by atoms with E-state index in [1.54, 1.807) is 0 Å². The van der Waals surface area contributed by atoms with Gasteiger partial charge in [0.05, 0.1) is 0 Å². The van der Waals surface area contributed by atoms with E-state index in [4.69, 9.17) is 0 Å². The van der Waals surface area contributed by atoms with Gasteiger partial charge in [-0.3, -0.25) is 9.59 Å². The van der Waals surface area contributed by atoms with Gasteiger partial charge in [0, 0.05) is 31.5 Å². The van der Waals surface area contributed by atoms with E-state index in [9.17, 15) is 9.59 Å². The van der Waals surface area contributed by atoms with E-state index in [-0.39, 0.29) is 11.3 Å². The second kappa shape index (κ2) is 4.23. The third kappa shape index (κ3) is 1.94. The molecule has 0 radical (unpaired) electrons. The predicted octanol–water partition coefficient (Wildman–Crippen LogP) is 2.55. The Morgan fingerprint density at radius 2 is 1.67 bits per heavy atom. The summed E-state index contributed by atoms with van der Waals surface area (Å²) in [4.78, 5) is 25.4. The number of carbonyl (C=O) groups excluding carboxylic acids is 2. The number of ketones is 1. The van der Waals surface area contributed by atoms with E-state index in [1.807, 2.05) is 35.2 Å². The van der Waals surface area contributed by atoms with Crippen molar-refractivity contribution in [2.45, 2.75) is 32.1 Å². The maximum absolute atomic E-state index is 12.2. The van der Waals surface area contributed by atoms with Crippen molar-refractivity contribution in [3.05, 3.63) is 30.3 Å². The zero-order valence-corrected chi connectivity index (χ0v) is 10.4. The third-order valence-electron chi connectivity index (χ3n) is 4.26. The molecular weight excluding hydrogens is 226 g/mol. The first-order chi connectivity index (χ1) is 8.69. The van der Waals surface area contributed by atoms with Crippen LogP contribution in [0.4, 0.5) is 5.69 Å². The molecule has 3 rings (SSSR count). The van der Waals surface area contributed by atoms with Gasteiger partial charge in [0.25, 0.3) is 0 Å². The summed E-state index contributed by atoms with van der Waals surface area (Å²) in [6.45, 7) is 0.781. The minimum atomic E-state index is 0.0564. The maximum Gasteiger partial charge on any atom is 0.227 e. The molecular formula is C15H17NO2. The van der Waals surface area contributed by atoms with E-state index >= 15 is 0 Å². The lowest BCUT2D eigenvalue weighted by Gasteiger charge is -2.31. The van der Waals surface area contributed by atoms with Crippen LogP contribution >= 0.6 is 0 Å². The number of benzene rings is 1. The quantitative estimate of drug-likeness (QED) is 0.760. The van der Waals surface area contributed by atoms with Gasteiger partial charge in [-0.05, 0) is 30.4 Å². The number of amides is 1. The lowest BCUT2D eigenvalue weighted by molar-refractivity contribution is -0.123. The average molecular weight is 243 g/mol. The van der Waals surface area contributed by atoms with Gasteiger partial charge in [0.2, 0.25) is 5.91 Å². The molecule has 1 aromatic carbocycles. The smallest absolute Gasteiger partial charge is 0.227 e. The molecule has 18 heavy (non-hydrogen) atoms. The predicted molar refractivity (Wildman–Crippen MR) is 69.3 cm³/mol. The third-order valence-corrected chi connectivity index (χ3v) is 4.26. The molecule has 0 unspecified atom stereocenters. The van der Waals surface area contributed by atoms with Crippen LogP contribution in [0.3, 0.4) is 0 Å². The molecule has 0 bridgehead atoms. The number of nitrogens with zero attached hydrogens (tertiary/aromatic N) is 1. The highest BCUT2D eigenvalue weighted by molar-refractivity contribution is 5.96. The Morgan fingerprint density at radius 1 is 1.00 bits per heavy atom. The summed E-state index contributed by atoms with van der Waals surface area (Å²) < 4.78 is 0. The first kappa shape index (κ1) is 11.5. The first-order valence-electron chi connectivity index (χ1n) is 6.56. The van der Waals surface area contributed by atoms with Crippen LogP contribution in [0.15, 0.2) is 30.3 Å². The molecule has 0 N–H and O–H groups in total. The Labute approximate surface area is 107 Å². The SMILES string of the molecule is O=C1CCC2(CC1)CC(=O)N(c1ccccc1)C2. The molecule has 2 fully saturated rings. The molecule has 1 aromatic rings. The molecule has 1 spiro atoms. The number of Topliss-reactive ketones (excluding diaryl/α,β-unsaturated/α-hetero) is 1. The summed E-state index contributed by atoms with van der Waals surface area (Å²) in [6, 6.07) is 9.82. The zero-order chi connectivity index (χ0) is 12.6. The molecule has 2 aliphatic rings. The van der Waals surface area contributed by atoms with E-state index < -0.39 is 0 Å². The highest BCUT2D eigenvalue weighted by atomic mass is 16.2. The van der Waals surface area contributed by atoms with Crippen LogP contribution in [0, 0.1) is 5.41 Å². The number of hydrogen-bond donors (Lipinski definition) is 0. The lowest BCUT2D eigenvalue weighted by Crippen LogP contribution is -2.31. The Hall–Kier alpha value is -1.64. The van der Waals surface area contributed by atoms with E-state index in [1.165, 1.54) is 0 Å². The Kier molecular flexibility index (Phi) is 2.69. The van der Waals surface area contributed by atoms with Crippen molar-refractivity contribution in [2.75, 3.05) is 11.4 Å². The highest BCUT2D eigenvalue weighted by Crippen LogP contribution is 2.44. The monoisotopic (exact) mass is 243 g/mol. The van der Waals surface area contributed by atoms with Crippen molar-refractivity contribution < 1.29 is 9.59 Å². The van der Waals surface area contributed by atoms with Gasteiger partial charge in [0.1, 0.15) is 5.78 Å². The summed E-state index contributed by atoms with van der Waals surface area (Å²) >= 11 is 0. The average Bonchev–Trinajstić information content (AvgIpc) is 2.72. The van der Waals surface area contributed by atoms with Crippen LogP contribution in [-0.2, 0) is 9.59 Å². The topological polar surface area (TPSA) is 37.4 Å². The van der Waals surface area contributed by atoms with Crippen LogP contribution in [-0.4, -0.2) is 18.2 Å². The van der Waals surface area contributed by atoms with Crippen molar-refractivity contribution >= 4 is 17.4 Å².